The first-order chi connectivity index (χ1) is 17.3. The van der Waals surface area contributed by atoms with E-state index in [-0.39, 0.29) is 0 Å². The Balaban J connectivity index is 1.67. The summed E-state index contributed by atoms with van der Waals surface area (Å²) in [5.74, 6) is 0.359. The summed E-state index contributed by atoms with van der Waals surface area (Å²) in [4.78, 5) is 5.38. The molecule has 1 heterocycles. The van der Waals surface area contributed by atoms with Gasteiger partial charge >= 0.3 is 0 Å². The van der Waals surface area contributed by atoms with E-state index < -0.39 is 13.3 Å². The molecule has 2 nitrogen and oxygen atoms in total. The van der Waals surface area contributed by atoms with Crippen LogP contribution >= 0.6 is 7.92 Å². The molecule has 2 atom stereocenters. The molecule has 1 fully saturated rings. The second-order valence-electron chi connectivity index (χ2n) is 8.96. The average Bonchev–Trinajstić information content (AvgIpc) is 3.30. The van der Waals surface area contributed by atoms with E-state index in [1.807, 2.05) is 36.4 Å². The molecular weight excluding hydrogens is 445 g/mol. The number of rotatable bonds is 4. The summed E-state index contributed by atoms with van der Waals surface area (Å²) in [6, 6.07) is 44.0. The lowest BCUT2D eigenvalue weighted by molar-refractivity contribution is 0.464. The largest absolute Gasteiger partial charge is 0.507 e. The molecule has 5 aromatic carbocycles. The molecule has 0 spiro atoms. The lowest BCUT2D eigenvalue weighted by Gasteiger charge is -2.33. The molecule has 1 N–H and O–H groups in total. The van der Waals surface area contributed by atoms with Gasteiger partial charge < -0.3 is 5.11 Å². The van der Waals surface area contributed by atoms with Crippen molar-refractivity contribution in [1.82, 2.24) is 0 Å². The summed E-state index contributed by atoms with van der Waals surface area (Å²) in [5, 5.41) is 15.0. The van der Waals surface area contributed by atoms with Crippen molar-refractivity contribution >= 4 is 35.1 Å². The van der Waals surface area contributed by atoms with E-state index in [4.69, 9.17) is 4.99 Å². The van der Waals surface area contributed by atoms with Gasteiger partial charge in [-0.2, -0.15) is 0 Å². The van der Waals surface area contributed by atoms with Crippen molar-refractivity contribution in [2.75, 3.05) is 6.16 Å². The SMILES string of the molecule is Oc1c(C2(c3ccccc3)CCP(c3ccccc3)C2=Nc2ccccc2)ccc2ccccc12. The fourth-order valence-corrected chi connectivity index (χ4v) is 8.24. The Bertz CT molecular complexity index is 1500. The first kappa shape index (κ1) is 21.8. The van der Waals surface area contributed by atoms with Crippen LogP contribution in [-0.2, 0) is 5.41 Å². The number of nitrogens with zero attached hydrogens (tertiary/aromatic N) is 1. The molecule has 1 saturated heterocycles. The highest BCUT2D eigenvalue weighted by molar-refractivity contribution is 7.82. The van der Waals surface area contributed by atoms with Crippen LogP contribution in [0.1, 0.15) is 17.5 Å². The van der Waals surface area contributed by atoms with Crippen LogP contribution in [0.15, 0.2) is 132 Å². The fourth-order valence-electron chi connectivity index (χ4n) is 5.37. The van der Waals surface area contributed by atoms with E-state index in [0.717, 1.165) is 40.1 Å². The Morgan fingerprint density at radius 3 is 2.03 bits per heavy atom. The maximum Gasteiger partial charge on any atom is 0.127 e. The van der Waals surface area contributed by atoms with E-state index >= 15 is 0 Å². The van der Waals surface area contributed by atoms with E-state index in [1.165, 1.54) is 10.9 Å². The van der Waals surface area contributed by atoms with Gasteiger partial charge in [-0.15, -0.1) is 0 Å². The van der Waals surface area contributed by atoms with Gasteiger partial charge in [0.25, 0.3) is 0 Å². The highest BCUT2D eigenvalue weighted by Crippen LogP contribution is 2.60. The highest BCUT2D eigenvalue weighted by atomic mass is 31.1. The third-order valence-electron chi connectivity index (χ3n) is 7.03. The quantitative estimate of drug-likeness (QED) is 0.267. The molecule has 6 rings (SSSR count). The average molecular weight is 472 g/mol. The molecule has 1 aliphatic rings. The smallest absolute Gasteiger partial charge is 0.127 e. The molecule has 0 bridgehead atoms. The Morgan fingerprint density at radius 2 is 1.29 bits per heavy atom. The zero-order valence-electron chi connectivity index (χ0n) is 19.4. The molecule has 170 valence electrons. The molecule has 0 amide bonds. The summed E-state index contributed by atoms with van der Waals surface area (Å²) in [5.41, 5.74) is 3.72. The van der Waals surface area contributed by atoms with Crippen molar-refractivity contribution < 1.29 is 5.11 Å². The molecular formula is C32H26NOP. The normalized spacial score (nSPS) is 20.9. The predicted octanol–water partition coefficient (Wildman–Crippen LogP) is 7.77. The monoisotopic (exact) mass is 471 g/mol. The van der Waals surface area contributed by atoms with Crippen molar-refractivity contribution in [2.45, 2.75) is 11.8 Å². The molecule has 35 heavy (non-hydrogen) atoms. The molecule has 5 aromatic rings. The van der Waals surface area contributed by atoms with Gasteiger partial charge in [0.05, 0.1) is 16.6 Å². The predicted molar refractivity (Wildman–Crippen MR) is 149 cm³/mol. The van der Waals surface area contributed by atoms with Gasteiger partial charge in [-0.1, -0.05) is 115 Å². The first-order valence-electron chi connectivity index (χ1n) is 12.0. The number of para-hydroxylation sites is 1. The number of phenolic OH excluding ortho intramolecular Hbond substituents is 1. The number of benzene rings is 5. The Morgan fingerprint density at radius 1 is 0.657 bits per heavy atom. The molecule has 0 aliphatic carbocycles. The lowest BCUT2D eigenvalue weighted by Crippen LogP contribution is -2.33. The van der Waals surface area contributed by atoms with E-state index in [9.17, 15) is 5.11 Å². The first-order valence-corrected chi connectivity index (χ1v) is 13.5. The summed E-state index contributed by atoms with van der Waals surface area (Å²) >= 11 is 0. The van der Waals surface area contributed by atoms with Crippen LogP contribution in [0, 0.1) is 0 Å². The van der Waals surface area contributed by atoms with Crippen LogP contribution in [0.5, 0.6) is 5.75 Å². The standard InChI is InChI=1S/C32H26NOP/c34-30-28-19-11-10-12-24(28)20-21-29(30)32(25-13-4-1-5-14-25)22-23-35(27-17-8-3-9-18-27)31(32)33-26-15-6-2-7-16-26/h1-21,34H,22-23H2. The third-order valence-corrected chi connectivity index (χ3v) is 9.62. The molecule has 0 aromatic heterocycles. The number of fused-ring (bicyclic) bond motifs is 1. The Hall–Kier alpha value is -3.74. The molecule has 0 radical (unpaired) electrons. The number of hydrogen-bond acceptors (Lipinski definition) is 2. The van der Waals surface area contributed by atoms with Gasteiger partial charge in [0.1, 0.15) is 5.75 Å². The van der Waals surface area contributed by atoms with Gasteiger partial charge in [-0.05, 0) is 48.9 Å². The minimum absolute atomic E-state index is 0.359. The minimum Gasteiger partial charge on any atom is -0.507 e. The van der Waals surface area contributed by atoms with E-state index in [2.05, 4.69) is 91.0 Å². The van der Waals surface area contributed by atoms with Gasteiger partial charge in [0, 0.05) is 10.9 Å². The topological polar surface area (TPSA) is 32.6 Å². The van der Waals surface area contributed by atoms with Crippen LogP contribution in [0.4, 0.5) is 5.69 Å². The molecule has 1 aliphatic heterocycles. The Kier molecular flexibility index (Phi) is 5.68. The number of aromatic hydroxyl groups is 1. The summed E-state index contributed by atoms with van der Waals surface area (Å²) < 4.78 is 0. The zero-order valence-corrected chi connectivity index (χ0v) is 20.3. The van der Waals surface area contributed by atoms with Crippen molar-refractivity contribution in [3.8, 4) is 5.75 Å². The van der Waals surface area contributed by atoms with Crippen molar-refractivity contribution in [1.29, 1.82) is 0 Å². The lowest BCUT2D eigenvalue weighted by atomic mass is 9.72. The molecule has 2 unspecified atom stereocenters. The highest BCUT2D eigenvalue weighted by Gasteiger charge is 2.50. The second kappa shape index (κ2) is 9.13. The summed E-state index contributed by atoms with van der Waals surface area (Å²) in [6.45, 7) is 0. The van der Waals surface area contributed by atoms with Crippen LogP contribution in [-0.4, -0.2) is 16.7 Å². The van der Waals surface area contributed by atoms with Gasteiger partial charge in [0.2, 0.25) is 0 Å². The zero-order chi connectivity index (χ0) is 23.7. The third kappa shape index (κ3) is 3.75. The van der Waals surface area contributed by atoms with Crippen LogP contribution in [0.2, 0.25) is 0 Å². The number of aliphatic imine (C=N–C) groups is 1. The summed E-state index contributed by atoms with van der Waals surface area (Å²) in [7, 11) is -0.679. The van der Waals surface area contributed by atoms with Crippen molar-refractivity contribution in [3.63, 3.8) is 0 Å². The Labute approximate surface area is 207 Å². The van der Waals surface area contributed by atoms with Crippen molar-refractivity contribution in [3.05, 3.63) is 139 Å². The van der Waals surface area contributed by atoms with Gasteiger partial charge in [-0.25, -0.2) is 0 Å². The van der Waals surface area contributed by atoms with E-state index in [0.29, 0.717) is 5.75 Å². The fraction of sp³-hybridized carbons (Fsp3) is 0.0938. The van der Waals surface area contributed by atoms with E-state index in [1.54, 1.807) is 0 Å². The van der Waals surface area contributed by atoms with Crippen LogP contribution in [0.3, 0.4) is 0 Å². The van der Waals surface area contributed by atoms with Crippen molar-refractivity contribution in [2.24, 2.45) is 4.99 Å². The van der Waals surface area contributed by atoms with Gasteiger partial charge in [0.15, 0.2) is 0 Å². The van der Waals surface area contributed by atoms with Gasteiger partial charge in [-0.3, -0.25) is 4.99 Å². The maximum atomic E-state index is 11.7. The minimum atomic E-state index is -0.679. The maximum absolute atomic E-state index is 11.7. The summed E-state index contributed by atoms with van der Waals surface area (Å²) in [6.07, 6.45) is 1.92. The number of phenols is 1. The van der Waals surface area contributed by atoms with Crippen LogP contribution < -0.4 is 5.30 Å². The number of hydrogen-bond donors (Lipinski definition) is 1. The second-order valence-corrected chi connectivity index (χ2v) is 11.2. The molecule has 0 saturated carbocycles. The van der Waals surface area contributed by atoms with Crippen LogP contribution in [0.25, 0.3) is 10.8 Å². The molecule has 3 heteroatoms.